The van der Waals surface area contributed by atoms with Gasteiger partial charge in [0.15, 0.2) is 5.78 Å². The van der Waals surface area contributed by atoms with Gasteiger partial charge in [0.25, 0.3) is 5.56 Å². The molecule has 0 amide bonds. The van der Waals surface area contributed by atoms with E-state index in [1.807, 2.05) is 6.07 Å². The molecule has 0 spiro atoms. The molecule has 1 aliphatic rings. The van der Waals surface area contributed by atoms with Gasteiger partial charge in [-0.15, -0.1) is 0 Å². The van der Waals surface area contributed by atoms with Crippen LogP contribution < -0.4 is 5.56 Å². The Morgan fingerprint density at radius 2 is 1.96 bits per heavy atom. The lowest BCUT2D eigenvalue weighted by molar-refractivity contribution is 0.103. The zero-order valence-corrected chi connectivity index (χ0v) is 12.5. The number of benzene rings is 1. The lowest BCUT2D eigenvalue weighted by Crippen LogP contribution is -2.26. The molecule has 3 rings (SSSR count). The molecule has 0 aliphatic heterocycles. The Morgan fingerprint density at radius 3 is 2.61 bits per heavy atom. The number of carbonyl (C=O) groups excluding carboxylic acids is 1. The minimum absolute atomic E-state index is 0.0340. The fraction of sp³-hybridized carbons (Fsp3) is 0.278. The maximum absolute atomic E-state index is 12.6. The lowest BCUT2D eigenvalue weighted by atomic mass is 10.0. The highest BCUT2D eigenvalue weighted by Crippen LogP contribution is 2.29. The summed E-state index contributed by atoms with van der Waals surface area (Å²) in [7, 11) is 0. The third-order valence-corrected chi connectivity index (χ3v) is 4.29. The molecular weight excluding hydrogens is 292 g/mol. The second kappa shape index (κ2) is 6.09. The summed E-state index contributed by atoms with van der Waals surface area (Å²) < 4.78 is 1.51. The van der Waals surface area contributed by atoms with Crippen molar-refractivity contribution in [1.29, 1.82) is 5.26 Å². The largest absolute Gasteiger partial charge is 0.507 e. The first-order valence-corrected chi connectivity index (χ1v) is 7.61. The van der Waals surface area contributed by atoms with Gasteiger partial charge in [0.05, 0.1) is 5.56 Å². The predicted molar refractivity (Wildman–Crippen MR) is 84.5 cm³/mol. The second-order valence-electron chi connectivity index (χ2n) is 5.75. The Balaban J connectivity index is 2.11. The Hall–Kier alpha value is -2.87. The van der Waals surface area contributed by atoms with E-state index < -0.39 is 5.78 Å². The van der Waals surface area contributed by atoms with Crippen LogP contribution in [0.4, 0.5) is 0 Å². The van der Waals surface area contributed by atoms with Gasteiger partial charge >= 0.3 is 0 Å². The zero-order chi connectivity index (χ0) is 16.4. The fourth-order valence-electron chi connectivity index (χ4n) is 3.08. The number of rotatable bonds is 3. The summed E-state index contributed by atoms with van der Waals surface area (Å²) in [6.45, 7) is 0. The number of phenolic OH excluding ortho intramolecular Hbond substituents is 1. The number of ketones is 1. The number of pyridine rings is 1. The van der Waals surface area contributed by atoms with E-state index in [1.165, 1.54) is 29.0 Å². The molecule has 1 fully saturated rings. The molecule has 1 aromatic carbocycles. The van der Waals surface area contributed by atoms with Gasteiger partial charge < -0.3 is 9.67 Å². The van der Waals surface area contributed by atoms with E-state index in [-0.39, 0.29) is 34.0 Å². The summed E-state index contributed by atoms with van der Waals surface area (Å²) in [5.41, 5.74) is 0.00830. The first-order valence-electron chi connectivity index (χ1n) is 7.61. The third-order valence-electron chi connectivity index (χ3n) is 4.29. The number of para-hydroxylation sites is 1. The number of aromatic nitrogens is 1. The van der Waals surface area contributed by atoms with E-state index in [0.29, 0.717) is 0 Å². The Bertz CT molecular complexity index is 855. The van der Waals surface area contributed by atoms with Crippen molar-refractivity contribution in [2.24, 2.45) is 0 Å². The summed E-state index contributed by atoms with van der Waals surface area (Å²) in [4.78, 5) is 25.0. The van der Waals surface area contributed by atoms with Crippen molar-refractivity contribution < 1.29 is 9.90 Å². The molecule has 0 saturated heterocycles. The van der Waals surface area contributed by atoms with Crippen LogP contribution in [0.1, 0.15) is 53.2 Å². The molecule has 116 valence electrons. The normalized spacial score (nSPS) is 14.6. The van der Waals surface area contributed by atoms with Crippen molar-refractivity contribution >= 4 is 5.78 Å². The second-order valence-corrected chi connectivity index (χ2v) is 5.75. The molecule has 23 heavy (non-hydrogen) atoms. The van der Waals surface area contributed by atoms with Crippen LogP contribution in [0.5, 0.6) is 5.75 Å². The molecule has 0 bridgehead atoms. The number of nitrogens with zero attached hydrogens (tertiary/aromatic N) is 2. The summed E-state index contributed by atoms with van der Waals surface area (Å²) in [5, 5.41) is 19.0. The highest BCUT2D eigenvalue weighted by Gasteiger charge is 2.22. The van der Waals surface area contributed by atoms with E-state index in [1.54, 1.807) is 12.1 Å². The Morgan fingerprint density at radius 1 is 1.26 bits per heavy atom. The van der Waals surface area contributed by atoms with Crippen molar-refractivity contribution in [2.45, 2.75) is 31.7 Å². The summed E-state index contributed by atoms with van der Waals surface area (Å²) in [6, 6.07) is 9.46. The summed E-state index contributed by atoms with van der Waals surface area (Å²) >= 11 is 0. The number of phenols is 1. The Labute approximate surface area is 133 Å². The maximum atomic E-state index is 12.6. The van der Waals surface area contributed by atoms with Gasteiger partial charge in [-0.25, -0.2) is 0 Å². The minimum Gasteiger partial charge on any atom is -0.507 e. The average molecular weight is 308 g/mol. The van der Waals surface area contributed by atoms with E-state index in [0.717, 1.165) is 25.7 Å². The van der Waals surface area contributed by atoms with E-state index >= 15 is 0 Å². The van der Waals surface area contributed by atoms with Crippen molar-refractivity contribution in [3.8, 4) is 11.8 Å². The quantitative estimate of drug-likeness (QED) is 0.884. The molecule has 1 saturated carbocycles. The maximum Gasteiger partial charge on any atom is 0.268 e. The van der Waals surface area contributed by atoms with Gasteiger partial charge in [0.1, 0.15) is 17.4 Å². The SMILES string of the molecule is N#Cc1cc(C(=O)c2ccccc2O)cn(C2CCCC2)c1=O. The zero-order valence-electron chi connectivity index (χ0n) is 12.5. The van der Waals surface area contributed by atoms with Gasteiger partial charge in [0, 0.05) is 17.8 Å². The number of nitriles is 1. The molecule has 1 N–H and O–H groups in total. The van der Waals surface area contributed by atoms with Crippen LogP contribution in [0.2, 0.25) is 0 Å². The number of hydrogen-bond acceptors (Lipinski definition) is 4. The molecule has 0 radical (unpaired) electrons. The first-order chi connectivity index (χ1) is 11.1. The molecule has 1 aliphatic carbocycles. The molecule has 0 atom stereocenters. The average Bonchev–Trinajstić information content (AvgIpc) is 3.09. The number of hydrogen-bond donors (Lipinski definition) is 1. The molecule has 1 aromatic heterocycles. The van der Waals surface area contributed by atoms with E-state index in [4.69, 9.17) is 0 Å². The van der Waals surface area contributed by atoms with Crippen molar-refractivity contribution in [2.75, 3.05) is 0 Å². The smallest absolute Gasteiger partial charge is 0.268 e. The highest BCUT2D eigenvalue weighted by atomic mass is 16.3. The monoisotopic (exact) mass is 308 g/mol. The third kappa shape index (κ3) is 2.76. The first kappa shape index (κ1) is 15.0. The van der Waals surface area contributed by atoms with Crippen molar-refractivity contribution in [3.05, 3.63) is 63.6 Å². The van der Waals surface area contributed by atoms with Crippen LogP contribution >= 0.6 is 0 Å². The van der Waals surface area contributed by atoms with Crippen LogP contribution in [0.15, 0.2) is 41.3 Å². The van der Waals surface area contributed by atoms with E-state index in [9.17, 15) is 20.0 Å². The molecule has 5 nitrogen and oxygen atoms in total. The Kier molecular flexibility index (Phi) is 3.98. The van der Waals surface area contributed by atoms with E-state index in [2.05, 4.69) is 0 Å². The summed E-state index contributed by atoms with van der Waals surface area (Å²) in [5.74, 6) is -0.513. The fourth-order valence-corrected chi connectivity index (χ4v) is 3.08. The highest BCUT2D eigenvalue weighted by molar-refractivity contribution is 6.10. The minimum atomic E-state index is -0.397. The number of aromatic hydroxyl groups is 1. The predicted octanol–water partition coefficient (Wildman–Crippen LogP) is 2.77. The van der Waals surface area contributed by atoms with Crippen molar-refractivity contribution in [1.82, 2.24) is 4.57 Å². The lowest BCUT2D eigenvalue weighted by Gasteiger charge is -2.15. The molecule has 1 heterocycles. The van der Waals surface area contributed by atoms with Crippen LogP contribution in [0.25, 0.3) is 0 Å². The van der Waals surface area contributed by atoms with Gasteiger partial charge in [-0.1, -0.05) is 25.0 Å². The van der Waals surface area contributed by atoms with Gasteiger partial charge in [0.2, 0.25) is 0 Å². The van der Waals surface area contributed by atoms with Gasteiger partial charge in [-0.3, -0.25) is 9.59 Å². The van der Waals surface area contributed by atoms with Gasteiger partial charge in [-0.2, -0.15) is 5.26 Å². The molecule has 2 aromatic rings. The molecule has 0 unspecified atom stereocenters. The number of carbonyl (C=O) groups is 1. The molecular formula is C18H16N2O3. The van der Waals surface area contributed by atoms with Crippen LogP contribution in [-0.2, 0) is 0 Å². The topological polar surface area (TPSA) is 83.1 Å². The van der Waals surface area contributed by atoms with Crippen LogP contribution in [-0.4, -0.2) is 15.5 Å². The van der Waals surface area contributed by atoms with Crippen LogP contribution in [0.3, 0.4) is 0 Å². The van der Waals surface area contributed by atoms with Gasteiger partial charge in [-0.05, 0) is 31.0 Å². The van der Waals surface area contributed by atoms with Crippen LogP contribution in [0, 0.1) is 11.3 Å². The summed E-state index contributed by atoms with van der Waals surface area (Å²) in [6.07, 6.45) is 5.35. The standard InChI is InChI=1S/C18H16N2O3/c19-10-12-9-13(17(22)15-7-3-4-8-16(15)21)11-20(18(12)23)14-5-1-2-6-14/h3-4,7-9,11,14,21H,1-2,5-6H2. The molecule has 5 heteroatoms. The van der Waals surface area contributed by atoms with Crippen molar-refractivity contribution in [3.63, 3.8) is 0 Å².